The number of aromatic amines is 1. The van der Waals surface area contributed by atoms with Gasteiger partial charge in [0.1, 0.15) is 0 Å². The maximum Gasteiger partial charge on any atom is 0.0874 e. The van der Waals surface area contributed by atoms with Crippen LogP contribution in [0.2, 0.25) is 0 Å². The number of H-pyrrole nitrogens is 1. The first-order chi connectivity index (χ1) is 4.20. The molecule has 9 heavy (non-hydrogen) atoms. The molecule has 0 aliphatic heterocycles. The third-order valence-corrected chi connectivity index (χ3v) is 1.14. The van der Waals surface area contributed by atoms with E-state index < -0.39 is 0 Å². The molecule has 0 spiro atoms. The van der Waals surface area contributed by atoms with Crippen LogP contribution < -0.4 is 0 Å². The Balaban J connectivity index is 2.98. The van der Waals surface area contributed by atoms with Gasteiger partial charge in [0.2, 0.25) is 0 Å². The normalized spacial score (nSPS) is 9.56. The number of aryl methyl sites for hydroxylation is 1. The van der Waals surface area contributed by atoms with Crippen molar-refractivity contribution in [2.75, 3.05) is 0 Å². The van der Waals surface area contributed by atoms with Crippen LogP contribution in [0.25, 0.3) is 5.57 Å². The Morgan fingerprint density at radius 2 is 2.44 bits per heavy atom. The van der Waals surface area contributed by atoms with Gasteiger partial charge in [0.25, 0.3) is 0 Å². The summed E-state index contributed by atoms with van der Waals surface area (Å²) in [6, 6.07) is 1.97. The molecule has 0 bridgehead atoms. The topological polar surface area (TPSA) is 28.7 Å². The van der Waals surface area contributed by atoms with Gasteiger partial charge in [0, 0.05) is 5.69 Å². The van der Waals surface area contributed by atoms with Gasteiger partial charge in [-0.15, -0.1) is 0 Å². The lowest BCUT2D eigenvalue weighted by Gasteiger charge is -1.85. The third kappa shape index (κ3) is 1.19. The molecule has 1 aromatic heterocycles. The van der Waals surface area contributed by atoms with Crippen LogP contribution in [-0.4, -0.2) is 10.2 Å². The Morgan fingerprint density at radius 3 is 2.67 bits per heavy atom. The van der Waals surface area contributed by atoms with E-state index in [1.807, 2.05) is 19.9 Å². The molecule has 2 nitrogen and oxygen atoms in total. The number of hydrogen-bond acceptors (Lipinski definition) is 1. The number of hydrogen-bond donors (Lipinski definition) is 1. The highest BCUT2D eigenvalue weighted by Gasteiger charge is 1.94. The summed E-state index contributed by atoms with van der Waals surface area (Å²) < 4.78 is 0. The van der Waals surface area contributed by atoms with Crippen molar-refractivity contribution in [3.63, 3.8) is 0 Å². The molecule has 1 heterocycles. The summed E-state index contributed by atoms with van der Waals surface area (Å²) in [4.78, 5) is 0. The summed E-state index contributed by atoms with van der Waals surface area (Å²) in [6.45, 7) is 7.67. The maximum atomic E-state index is 3.99. The van der Waals surface area contributed by atoms with Gasteiger partial charge >= 0.3 is 0 Å². The lowest BCUT2D eigenvalue weighted by molar-refractivity contribution is 1.03. The molecule has 0 unspecified atom stereocenters. The van der Waals surface area contributed by atoms with E-state index >= 15 is 0 Å². The van der Waals surface area contributed by atoms with Crippen LogP contribution in [0.3, 0.4) is 0 Å². The standard InChI is InChI=1S/C7H10N2/c1-5(2)7-4-6(3)8-9-7/h4H,1H2,2-3H3,(H,8,9). The highest BCUT2D eigenvalue weighted by Crippen LogP contribution is 2.07. The Labute approximate surface area is 54.6 Å². The molecule has 0 aliphatic carbocycles. The van der Waals surface area contributed by atoms with Crippen LogP contribution in [0.5, 0.6) is 0 Å². The average Bonchev–Trinajstić information content (AvgIpc) is 2.14. The number of nitrogens with zero attached hydrogens (tertiary/aromatic N) is 1. The van der Waals surface area contributed by atoms with Crippen LogP contribution in [-0.2, 0) is 0 Å². The van der Waals surface area contributed by atoms with E-state index in [-0.39, 0.29) is 0 Å². The zero-order valence-corrected chi connectivity index (χ0v) is 5.73. The molecule has 0 saturated heterocycles. The first-order valence-electron chi connectivity index (χ1n) is 2.88. The maximum absolute atomic E-state index is 3.99. The second-order valence-corrected chi connectivity index (χ2v) is 2.22. The number of allylic oxidation sites excluding steroid dienone is 1. The SMILES string of the molecule is C=C(C)c1cc(C)[nH]n1. The molecule has 0 amide bonds. The van der Waals surface area contributed by atoms with E-state index in [1.54, 1.807) is 0 Å². The molecular formula is C7H10N2. The molecule has 1 aromatic rings. The molecule has 0 radical (unpaired) electrons. The Kier molecular flexibility index (Phi) is 1.39. The zero-order chi connectivity index (χ0) is 6.85. The summed E-state index contributed by atoms with van der Waals surface area (Å²) in [5.41, 5.74) is 3.03. The predicted octanol–water partition coefficient (Wildman–Crippen LogP) is 1.75. The van der Waals surface area contributed by atoms with Crippen molar-refractivity contribution in [3.05, 3.63) is 24.0 Å². The molecular weight excluding hydrogens is 112 g/mol. The van der Waals surface area contributed by atoms with Gasteiger partial charge in [0.05, 0.1) is 5.69 Å². The largest absolute Gasteiger partial charge is 0.282 e. The summed E-state index contributed by atoms with van der Waals surface area (Å²) in [6.07, 6.45) is 0. The van der Waals surface area contributed by atoms with Crippen LogP contribution in [0.1, 0.15) is 18.3 Å². The monoisotopic (exact) mass is 122 g/mol. The highest BCUT2D eigenvalue weighted by atomic mass is 15.1. The Bertz CT molecular complexity index is 223. The lowest BCUT2D eigenvalue weighted by Crippen LogP contribution is -1.74. The summed E-state index contributed by atoms with van der Waals surface area (Å²) in [7, 11) is 0. The first kappa shape index (κ1) is 6.08. The minimum Gasteiger partial charge on any atom is -0.282 e. The summed E-state index contributed by atoms with van der Waals surface area (Å²) in [5.74, 6) is 0. The van der Waals surface area contributed by atoms with Gasteiger partial charge in [-0.25, -0.2) is 0 Å². The van der Waals surface area contributed by atoms with E-state index in [2.05, 4.69) is 16.8 Å². The van der Waals surface area contributed by atoms with Gasteiger partial charge in [-0.2, -0.15) is 5.10 Å². The van der Waals surface area contributed by atoms with Gasteiger partial charge in [-0.05, 0) is 25.5 Å². The fraction of sp³-hybridized carbons (Fsp3) is 0.286. The average molecular weight is 122 g/mol. The third-order valence-electron chi connectivity index (χ3n) is 1.14. The van der Waals surface area contributed by atoms with E-state index in [1.165, 1.54) is 0 Å². The summed E-state index contributed by atoms with van der Waals surface area (Å²) >= 11 is 0. The summed E-state index contributed by atoms with van der Waals surface area (Å²) in [5, 5.41) is 6.83. The molecule has 0 atom stereocenters. The minimum absolute atomic E-state index is 0.951. The van der Waals surface area contributed by atoms with Crippen LogP contribution in [0, 0.1) is 6.92 Å². The van der Waals surface area contributed by atoms with Gasteiger partial charge < -0.3 is 0 Å². The van der Waals surface area contributed by atoms with E-state index in [0.29, 0.717) is 0 Å². The van der Waals surface area contributed by atoms with Crippen LogP contribution >= 0.6 is 0 Å². The molecule has 48 valence electrons. The smallest absolute Gasteiger partial charge is 0.0874 e. The fourth-order valence-electron chi connectivity index (χ4n) is 0.637. The second kappa shape index (κ2) is 2.05. The van der Waals surface area contributed by atoms with Crippen molar-refractivity contribution in [2.45, 2.75) is 13.8 Å². The molecule has 0 aromatic carbocycles. The lowest BCUT2D eigenvalue weighted by atomic mass is 10.2. The van der Waals surface area contributed by atoms with Gasteiger partial charge in [-0.3, -0.25) is 5.10 Å². The van der Waals surface area contributed by atoms with Crippen molar-refractivity contribution in [1.29, 1.82) is 0 Å². The Hall–Kier alpha value is -1.05. The van der Waals surface area contributed by atoms with Crippen LogP contribution in [0.4, 0.5) is 0 Å². The molecule has 0 saturated carbocycles. The Morgan fingerprint density at radius 1 is 1.78 bits per heavy atom. The quantitative estimate of drug-likeness (QED) is 0.604. The number of rotatable bonds is 1. The van der Waals surface area contributed by atoms with E-state index in [9.17, 15) is 0 Å². The van der Waals surface area contributed by atoms with Gasteiger partial charge in [-0.1, -0.05) is 6.58 Å². The molecule has 1 N–H and O–H groups in total. The molecule has 0 fully saturated rings. The predicted molar refractivity (Wildman–Crippen MR) is 38.0 cm³/mol. The second-order valence-electron chi connectivity index (χ2n) is 2.22. The molecule has 0 aliphatic rings. The molecule has 1 rings (SSSR count). The van der Waals surface area contributed by atoms with Crippen LogP contribution in [0.15, 0.2) is 12.6 Å². The van der Waals surface area contributed by atoms with Crippen molar-refractivity contribution < 1.29 is 0 Å². The highest BCUT2D eigenvalue weighted by molar-refractivity contribution is 5.57. The first-order valence-corrected chi connectivity index (χ1v) is 2.88. The van der Waals surface area contributed by atoms with E-state index in [0.717, 1.165) is 17.0 Å². The van der Waals surface area contributed by atoms with Crippen molar-refractivity contribution >= 4 is 5.57 Å². The zero-order valence-electron chi connectivity index (χ0n) is 5.73. The van der Waals surface area contributed by atoms with Gasteiger partial charge in [0.15, 0.2) is 0 Å². The van der Waals surface area contributed by atoms with Crippen molar-refractivity contribution in [1.82, 2.24) is 10.2 Å². The molecule has 2 heteroatoms. The minimum atomic E-state index is 0.951. The van der Waals surface area contributed by atoms with E-state index in [4.69, 9.17) is 0 Å². The fourth-order valence-corrected chi connectivity index (χ4v) is 0.637. The van der Waals surface area contributed by atoms with Crippen molar-refractivity contribution in [3.8, 4) is 0 Å². The van der Waals surface area contributed by atoms with Crippen molar-refractivity contribution in [2.24, 2.45) is 0 Å². The number of nitrogens with one attached hydrogen (secondary N) is 1. The number of aromatic nitrogens is 2.